The van der Waals surface area contributed by atoms with Crippen LogP contribution in [0.4, 0.5) is 0 Å². The first-order valence-corrected chi connectivity index (χ1v) is 19.0. The van der Waals surface area contributed by atoms with E-state index in [2.05, 4.69) is 114 Å². The number of nitrogens with zero attached hydrogens (tertiary/aromatic N) is 2. The zero-order valence-corrected chi connectivity index (χ0v) is 28.5. The lowest BCUT2D eigenvalue weighted by atomic mass is 9.95. The minimum atomic E-state index is -3.15. The molecule has 0 atom stereocenters. The quantitative estimate of drug-likeness (QED) is 0.135. The number of hydrogen-bond acceptors (Lipinski definition) is 2. The maximum Gasteiger partial charge on any atom is 0.171 e. The van der Waals surface area contributed by atoms with E-state index < -0.39 is 7.14 Å². The molecule has 0 spiro atoms. The smallest absolute Gasteiger partial charge is 0.171 e. The second-order valence-electron chi connectivity index (χ2n) is 13.1. The highest BCUT2D eigenvalue weighted by Gasteiger charge is 2.31. The van der Waals surface area contributed by atoms with Crippen LogP contribution in [0.15, 0.2) is 188 Å². The minimum Gasteiger partial charge on any atom is -0.309 e. The number of fused-ring (bicyclic) bond motifs is 9. The predicted octanol–water partition coefficient (Wildman–Crippen LogP) is 10.9. The van der Waals surface area contributed by atoms with Crippen molar-refractivity contribution in [2.24, 2.45) is 0 Å². The van der Waals surface area contributed by atoms with E-state index in [9.17, 15) is 0 Å². The molecule has 0 amide bonds. The monoisotopic (exact) mass is 670 g/mol. The van der Waals surface area contributed by atoms with Crippen molar-refractivity contribution in [3.05, 3.63) is 188 Å². The third-order valence-corrected chi connectivity index (χ3v) is 13.4. The fourth-order valence-corrected chi connectivity index (χ4v) is 10.7. The van der Waals surface area contributed by atoms with Gasteiger partial charge in [0.15, 0.2) is 7.14 Å². The fraction of sp³-hybridized carbons (Fsp3) is 0. The van der Waals surface area contributed by atoms with E-state index in [1.54, 1.807) is 0 Å². The van der Waals surface area contributed by atoms with E-state index in [4.69, 9.17) is 4.98 Å². The number of para-hydroxylation sites is 3. The van der Waals surface area contributed by atoms with Crippen molar-refractivity contribution in [3.8, 4) is 22.3 Å². The lowest BCUT2D eigenvalue weighted by molar-refractivity contribution is 0.592. The van der Waals surface area contributed by atoms with Gasteiger partial charge in [-0.25, -0.2) is 4.98 Å². The van der Waals surface area contributed by atoms with E-state index in [1.807, 2.05) is 78.9 Å². The van der Waals surface area contributed by atoms with E-state index in [0.717, 1.165) is 76.5 Å². The molecule has 8 aromatic carbocycles. The highest BCUT2D eigenvalue weighted by molar-refractivity contribution is 7.85. The molecule has 10 rings (SSSR count). The van der Waals surface area contributed by atoms with Crippen LogP contribution in [0.1, 0.15) is 0 Å². The zero-order valence-electron chi connectivity index (χ0n) is 27.6. The molecular formula is C47H31N2OP. The number of benzene rings is 8. The maximum absolute atomic E-state index is 15.4. The summed E-state index contributed by atoms with van der Waals surface area (Å²) in [6.07, 6.45) is 0. The molecule has 240 valence electrons. The van der Waals surface area contributed by atoms with Crippen molar-refractivity contribution in [2.75, 3.05) is 0 Å². The summed E-state index contributed by atoms with van der Waals surface area (Å²) in [5.41, 5.74) is 8.75. The summed E-state index contributed by atoms with van der Waals surface area (Å²) in [7, 11) is -3.15. The number of hydrogen-bond donors (Lipinski definition) is 0. The van der Waals surface area contributed by atoms with E-state index in [1.165, 1.54) is 10.8 Å². The van der Waals surface area contributed by atoms with Gasteiger partial charge in [-0.15, -0.1) is 0 Å². The highest BCUT2D eigenvalue weighted by atomic mass is 31.2. The van der Waals surface area contributed by atoms with Gasteiger partial charge in [-0.1, -0.05) is 164 Å². The predicted molar refractivity (Wildman–Crippen MR) is 215 cm³/mol. The molecule has 0 N–H and O–H groups in total. The van der Waals surface area contributed by atoms with Crippen LogP contribution in [0.2, 0.25) is 0 Å². The number of imidazole rings is 1. The van der Waals surface area contributed by atoms with Crippen molar-refractivity contribution in [3.63, 3.8) is 0 Å². The molecule has 2 heterocycles. The van der Waals surface area contributed by atoms with Gasteiger partial charge in [0.2, 0.25) is 0 Å². The van der Waals surface area contributed by atoms with Gasteiger partial charge in [-0.05, 0) is 62.7 Å². The molecule has 0 aliphatic rings. The van der Waals surface area contributed by atoms with Gasteiger partial charge in [0.25, 0.3) is 0 Å². The molecule has 10 aromatic rings. The van der Waals surface area contributed by atoms with Gasteiger partial charge in [0, 0.05) is 26.7 Å². The van der Waals surface area contributed by atoms with Crippen LogP contribution in [0.5, 0.6) is 0 Å². The molecular weight excluding hydrogens is 640 g/mol. The largest absolute Gasteiger partial charge is 0.309 e. The molecule has 0 fully saturated rings. The van der Waals surface area contributed by atoms with Crippen molar-refractivity contribution in [1.82, 2.24) is 9.38 Å². The Bertz CT molecular complexity index is 2940. The molecule has 0 saturated heterocycles. The topological polar surface area (TPSA) is 34.4 Å². The SMILES string of the molecule is O=P(c1ccccc1)(c1ccccc1)c1cccc2c(-c3ccc(-c4ccc5c6ccccc6n6c7ccccc7nc6c5c4)cc3)cccc12. The van der Waals surface area contributed by atoms with Gasteiger partial charge in [-0.2, -0.15) is 0 Å². The molecule has 0 bridgehead atoms. The zero-order chi connectivity index (χ0) is 33.9. The third kappa shape index (κ3) is 4.59. The molecule has 0 aliphatic carbocycles. The van der Waals surface area contributed by atoms with Crippen LogP contribution in [0.3, 0.4) is 0 Å². The fourth-order valence-electron chi connectivity index (χ4n) is 7.86. The van der Waals surface area contributed by atoms with E-state index in [0.29, 0.717) is 0 Å². The summed E-state index contributed by atoms with van der Waals surface area (Å²) in [6.45, 7) is 0. The van der Waals surface area contributed by atoms with Gasteiger partial charge < -0.3 is 4.57 Å². The average molecular weight is 671 g/mol. The molecule has 0 aliphatic heterocycles. The molecule has 0 radical (unpaired) electrons. The van der Waals surface area contributed by atoms with Gasteiger partial charge in [0.1, 0.15) is 5.65 Å². The first kappa shape index (κ1) is 29.6. The first-order valence-electron chi connectivity index (χ1n) is 17.2. The summed E-state index contributed by atoms with van der Waals surface area (Å²) in [5, 5.41) is 8.17. The Kier molecular flexibility index (Phi) is 6.77. The van der Waals surface area contributed by atoms with Crippen LogP contribution in [0.25, 0.3) is 71.4 Å². The molecule has 4 heteroatoms. The molecule has 0 unspecified atom stereocenters. The standard InChI is InChI=1S/C47H31N2OP/c50-51(35-13-3-1-4-14-35,36-15-5-2-6-16-36)46-24-12-19-38-37(18-11-20-41(38)46)33-27-25-32(26-28-33)34-29-30-39-40-17-7-9-22-44(40)49-45-23-10-8-21-43(45)48-47(49)42(39)31-34/h1-31H. The Morgan fingerprint density at radius 3 is 1.76 bits per heavy atom. The van der Waals surface area contributed by atoms with Crippen LogP contribution < -0.4 is 15.9 Å². The molecule has 0 saturated carbocycles. The summed E-state index contributed by atoms with van der Waals surface area (Å²) < 4.78 is 17.7. The van der Waals surface area contributed by atoms with E-state index >= 15 is 4.57 Å². The van der Waals surface area contributed by atoms with Crippen molar-refractivity contribution >= 4 is 72.2 Å². The van der Waals surface area contributed by atoms with Gasteiger partial charge >= 0.3 is 0 Å². The van der Waals surface area contributed by atoms with Crippen molar-refractivity contribution in [1.29, 1.82) is 0 Å². The van der Waals surface area contributed by atoms with Crippen LogP contribution in [0, 0.1) is 0 Å². The van der Waals surface area contributed by atoms with Crippen molar-refractivity contribution in [2.45, 2.75) is 0 Å². The Hall–Kier alpha value is -6.28. The lowest BCUT2D eigenvalue weighted by Gasteiger charge is -2.22. The highest BCUT2D eigenvalue weighted by Crippen LogP contribution is 2.45. The van der Waals surface area contributed by atoms with E-state index in [-0.39, 0.29) is 0 Å². The molecule has 51 heavy (non-hydrogen) atoms. The molecule has 3 nitrogen and oxygen atoms in total. The maximum atomic E-state index is 15.4. The van der Waals surface area contributed by atoms with Gasteiger partial charge in [0.05, 0.1) is 16.6 Å². The third-order valence-electron chi connectivity index (χ3n) is 10.3. The van der Waals surface area contributed by atoms with Crippen LogP contribution in [-0.4, -0.2) is 9.38 Å². The Labute approximate surface area is 295 Å². The summed E-state index contributed by atoms with van der Waals surface area (Å²) in [5.74, 6) is 0. The summed E-state index contributed by atoms with van der Waals surface area (Å²) >= 11 is 0. The van der Waals surface area contributed by atoms with Gasteiger partial charge in [-0.3, -0.25) is 4.40 Å². The Morgan fingerprint density at radius 2 is 1.00 bits per heavy atom. The Balaban J connectivity index is 1.10. The normalized spacial score (nSPS) is 12.0. The number of rotatable bonds is 5. The lowest BCUT2D eigenvalue weighted by Crippen LogP contribution is -2.25. The second-order valence-corrected chi connectivity index (χ2v) is 15.8. The first-order chi connectivity index (χ1) is 25.2. The number of pyridine rings is 1. The van der Waals surface area contributed by atoms with Crippen LogP contribution >= 0.6 is 7.14 Å². The average Bonchev–Trinajstić information content (AvgIpc) is 3.61. The van der Waals surface area contributed by atoms with Crippen molar-refractivity contribution < 1.29 is 4.57 Å². The second kappa shape index (κ2) is 11.7. The van der Waals surface area contributed by atoms with Crippen LogP contribution in [-0.2, 0) is 4.57 Å². The summed E-state index contributed by atoms with van der Waals surface area (Å²) in [4.78, 5) is 5.12. The minimum absolute atomic E-state index is 0.836. The summed E-state index contributed by atoms with van der Waals surface area (Å²) in [6, 6.07) is 64.9. The molecule has 2 aromatic heterocycles. The number of aromatic nitrogens is 2. The Morgan fingerprint density at radius 1 is 0.412 bits per heavy atom.